The molecule has 1 atom stereocenters. The van der Waals surface area contributed by atoms with Crippen LogP contribution in [0.4, 0.5) is 0 Å². The van der Waals surface area contributed by atoms with Gasteiger partial charge < -0.3 is 10.5 Å². The lowest BCUT2D eigenvalue weighted by Gasteiger charge is -2.26. The molecule has 0 radical (unpaired) electrons. The zero-order valence-corrected chi connectivity index (χ0v) is 13.0. The highest BCUT2D eigenvalue weighted by atomic mass is 35.5. The standard InChI is InChI=1S/C15H24ClNO/c1-9-7-12(18-6)13(10(2)14(9)16)11(17)8-15(3,4)5/h7,11H,8,17H2,1-6H3. The minimum absolute atomic E-state index is 0.0574. The maximum Gasteiger partial charge on any atom is 0.124 e. The number of aryl methyl sites for hydroxylation is 1. The van der Waals surface area contributed by atoms with Crippen LogP contribution in [-0.4, -0.2) is 7.11 Å². The maximum atomic E-state index is 6.34. The van der Waals surface area contributed by atoms with Crippen LogP contribution >= 0.6 is 11.6 Å². The number of hydrogen-bond acceptors (Lipinski definition) is 2. The second-order valence-electron chi connectivity index (χ2n) is 6.12. The molecule has 0 aliphatic carbocycles. The number of ether oxygens (including phenoxy) is 1. The number of benzene rings is 1. The van der Waals surface area contributed by atoms with E-state index in [4.69, 9.17) is 22.1 Å². The topological polar surface area (TPSA) is 35.2 Å². The summed E-state index contributed by atoms with van der Waals surface area (Å²) in [5.74, 6) is 0.839. The molecule has 3 heteroatoms. The highest BCUT2D eigenvalue weighted by molar-refractivity contribution is 6.32. The van der Waals surface area contributed by atoms with E-state index in [2.05, 4.69) is 20.8 Å². The fraction of sp³-hybridized carbons (Fsp3) is 0.600. The van der Waals surface area contributed by atoms with E-state index in [0.29, 0.717) is 0 Å². The van der Waals surface area contributed by atoms with E-state index in [0.717, 1.165) is 33.9 Å². The number of rotatable bonds is 3. The van der Waals surface area contributed by atoms with Crippen molar-refractivity contribution < 1.29 is 4.74 Å². The van der Waals surface area contributed by atoms with Gasteiger partial charge in [-0.15, -0.1) is 0 Å². The van der Waals surface area contributed by atoms with Crippen molar-refractivity contribution in [2.45, 2.75) is 47.1 Å². The third-order valence-electron chi connectivity index (χ3n) is 3.12. The van der Waals surface area contributed by atoms with Crippen LogP contribution in [0.5, 0.6) is 5.75 Å². The van der Waals surface area contributed by atoms with Gasteiger partial charge in [-0.25, -0.2) is 0 Å². The molecule has 0 spiro atoms. The zero-order chi connectivity index (χ0) is 14.1. The molecule has 1 rings (SSSR count). The summed E-state index contributed by atoms with van der Waals surface area (Å²) in [5, 5.41) is 0.787. The fourth-order valence-corrected chi connectivity index (χ4v) is 2.48. The normalized spacial score (nSPS) is 13.6. The molecule has 0 amide bonds. The van der Waals surface area contributed by atoms with Gasteiger partial charge in [0.25, 0.3) is 0 Å². The Bertz CT molecular complexity index is 435. The van der Waals surface area contributed by atoms with Crippen LogP contribution in [-0.2, 0) is 0 Å². The Hall–Kier alpha value is -0.730. The molecule has 0 saturated heterocycles. The van der Waals surface area contributed by atoms with Crippen LogP contribution < -0.4 is 10.5 Å². The van der Waals surface area contributed by atoms with Crippen LogP contribution in [0.25, 0.3) is 0 Å². The van der Waals surface area contributed by atoms with Crippen molar-refractivity contribution in [2.24, 2.45) is 11.1 Å². The largest absolute Gasteiger partial charge is 0.496 e. The van der Waals surface area contributed by atoms with E-state index >= 15 is 0 Å². The van der Waals surface area contributed by atoms with Gasteiger partial charge in [0.15, 0.2) is 0 Å². The molecule has 1 unspecified atom stereocenters. The Morgan fingerprint density at radius 1 is 1.33 bits per heavy atom. The van der Waals surface area contributed by atoms with Crippen molar-refractivity contribution in [3.8, 4) is 5.75 Å². The molecule has 1 aromatic carbocycles. The van der Waals surface area contributed by atoms with Crippen molar-refractivity contribution >= 4 is 11.6 Å². The van der Waals surface area contributed by atoms with Crippen molar-refractivity contribution in [3.63, 3.8) is 0 Å². The first-order valence-corrected chi connectivity index (χ1v) is 6.64. The Morgan fingerprint density at radius 3 is 2.33 bits per heavy atom. The second kappa shape index (κ2) is 5.50. The molecule has 102 valence electrons. The quantitative estimate of drug-likeness (QED) is 0.883. The predicted octanol–water partition coefficient (Wildman–Crippen LogP) is 4.40. The van der Waals surface area contributed by atoms with E-state index < -0.39 is 0 Å². The molecule has 0 aliphatic heterocycles. The van der Waals surface area contributed by atoms with E-state index in [9.17, 15) is 0 Å². The first-order valence-electron chi connectivity index (χ1n) is 6.26. The minimum Gasteiger partial charge on any atom is -0.496 e. The summed E-state index contributed by atoms with van der Waals surface area (Å²) in [6.07, 6.45) is 0.892. The Kier molecular flexibility index (Phi) is 4.68. The first kappa shape index (κ1) is 15.3. The highest BCUT2D eigenvalue weighted by Gasteiger charge is 2.23. The van der Waals surface area contributed by atoms with Crippen molar-refractivity contribution in [1.82, 2.24) is 0 Å². The number of nitrogens with two attached hydrogens (primary N) is 1. The van der Waals surface area contributed by atoms with Gasteiger partial charge in [-0.1, -0.05) is 32.4 Å². The third kappa shape index (κ3) is 3.39. The van der Waals surface area contributed by atoms with Crippen LogP contribution in [0.1, 0.15) is 49.9 Å². The Labute approximate surface area is 115 Å². The molecular weight excluding hydrogens is 246 g/mol. The number of methoxy groups -OCH3 is 1. The molecule has 0 saturated carbocycles. The van der Waals surface area contributed by atoms with Crippen LogP contribution in [0.2, 0.25) is 5.02 Å². The zero-order valence-electron chi connectivity index (χ0n) is 12.2. The second-order valence-corrected chi connectivity index (χ2v) is 6.50. The molecule has 1 aromatic rings. The maximum absolute atomic E-state index is 6.34. The molecule has 0 bridgehead atoms. The predicted molar refractivity (Wildman–Crippen MR) is 78.5 cm³/mol. The fourth-order valence-electron chi connectivity index (χ4n) is 2.33. The van der Waals surface area contributed by atoms with Crippen LogP contribution in [0, 0.1) is 19.3 Å². The van der Waals surface area contributed by atoms with Crippen LogP contribution in [0.3, 0.4) is 0 Å². The van der Waals surface area contributed by atoms with Gasteiger partial charge in [-0.2, -0.15) is 0 Å². The average Bonchev–Trinajstić information content (AvgIpc) is 2.22. The Balaban J connectivity index is 3.26. The van der Waals surface area contributed by atoms with Gasteiger partial charge in [0.05, 0.1) is 7.11 Å². The smallest absolute Gasteiger partial charge is 0.124 e. The molecule has 0 aromatic heterocycles. The molecule has 0 aliphatic rings. The monoisotopic (exact) mass is 269 g/mol. The van der Waals surface area contributed by atoms with Gasteiger partial charge in [-0.3, -0.25) is 0 Å². The summed E-state index contributed by atoms with van der Waals surface area (Å²) < 4.78 is 5.46. The summed E-state index contributed by atoms with van der Waals surface area (Å²) in [7, 11) is 1.68. The molecule has 0 heterocycles. The minimum atomic E-state index is -0.0574. The highest BCUT2D eigenvalue weighted by Crippen LogP contribution is 2.38. The molecule has 18 heavy (non-hydrogen) atoms. The van der Waals surface area contributed by atoms with E-state index in [1.54, 1.807) is 7.11 Å². The number of hydrogen-bond donors (Lipinski definition) is 1. The summed E-state index contributed by atoms with van der Waals surface area (Å²) >= 11 is 6.32. The third-order valence-corrected chi connectivity index (χ3v) is 3.70. The number of halogens is 1. The van der Waals surface area contributed by atoms with Gasteiger partial charge in [0, 0.05) is 16.6 Å². The van der Waals surface area contributed by atoms with Gasteiger partial charge in [0.2, 0.25) is 0 Å². The van der Waals surface area contributed by atoms with Crippen molar-refractivity contribution in [2.75, 3.05) is 7.11 Å². The lowest BCUT2D eigenvalue weighted by atomic mass is 9.84. The lowest BCUT2D eigenvalue weighted by molar-refractivity contribution is 0.334. The van der Waals surface area contributed by atoms with Gasteiger partial charge >= 0.3 is 0 Å². The van der Waals surface area contributed by atoms with E-state index in [1.807, 2.05) is 19.9 Å². The molecular formula is C15H24ClNO. The van der Waals surface area contributed by atoms with Gasteiger partial charge in [0.1, 0.15) is 5.75 Å². The lowest BCUT2D eigenvalue weighted by Crippen LogP contribution is -2.20. The summed E-state index contributed by atoms with van der Waals surface area (Å²) in [6, 6.07) is 1.91. The average molecular weight is 270 g/mol. The SMILES string of the molecule is COc1cc(C)c(Cl)c(C)c1C(N)CC(C)(C)C. The first-order chi connectivity index (χ1) is 8.17. The van der Waals surface area contributed by atoms with Gasteiger partial charge in [-0.05, 0) is 42.9 Å². The van der Waals surface area contributed by atoms with E-state index in [-0.39, 0.29) is 11.5 Å². The summed E-state index contributed by atoms with van der Waals surface area (Å²) in [5.41, 5.74) is 9.60. The molecule has 2 N–H and O–H groups in total. The summed E-state index contributed by atoms with van der Waals surface area (Å²) in [6.45, 7) is 10.5. The molecule has 0 fully saturated rings. The van der Waals surface area contributed by atoms with Crippen LogP contribution in [0.15, 0.2) is 6.07 Å². The van der Waals surface area contributed by atoms with E-state index in [1.165, 1.54) is 0 Å². The van der Waals surface area contributed by atoms with Crippen molar-refractivity contribution in [3.05, 3.63) is 27.8 Å². The summed E-state index contributed by atoms with van der Waals surface area (Å²) in [4.78, 5) is 0. The Morgan fingerprint density at radius 2 is 1.89 bits per heavy atom. The van der Waals surface area contributed by atoms with Crippen molar-refractivity contribution in [1.29, 1.82) is 0 Å². The molecule has 2 nitrogen and oxygen atoms in total.